The topological polar surface area (TPSA) is 116 Å². The molecule has 0 spiro atoms. The van der Waals surface area contributed by atoms with Crippen molar-refractivity contribution in [2.45, 2.75) is 64.8 Å². The first kappa shape index (κ1) is 23.1. The summed E-state index contributed by atoms with van der Waals surface area (Å²) in [5, 5.41) is 22.0. The van der Waals surface area contributed by atoms with E-state index in [4.69, 9.17) is 0 Å². The molecule has 2 fully saturated rings. The minimum Gasteiger partial charge on any atom is -0.358 e. The minimum atomic E-state index is -0.427. The third-order valence-electron chi connectivity index (χ3n) is 9.86. The van der Waals surface area contributed by atoms with Gasteiger partial charge in [-0.15, -0.1) is 0 Å². The molecule has 9 nitrogen and oxygen atoms in total. The summed E-state index contributed by atoms with van der Waals surface area (Å²) in [5.41, 5.74) is 3.40. The van der Waals surface area contributed by atoms with Gasteiger partial charge >= 0.3 is 5.82 Å². The first-order valence-electron chi connectivity index (χ1n) is 13.0. The molecule has 6 rings (SSSR count). The zero-order valence-corrected chi connectivity index (χ0v) is 20.8. The molecule has 4 aliphatic rings. The number of carbonyl (C=O) groups is 1. The van der Waals surface area contributed by atoms with Crippen molar-refractivity contribution in [1.82, 2.24) is 25.1 Å². The molecule has 0 radical (unpaired) electrons. The zero-order chi connectivity index (χ0) is 25.1. The summed E-state index contributed by atoms with van der Waals surface area (Å²) in [6.45, 7) is 4.80. The molecule has 0 bridgehead atoms. The smallest absolute Gasteiger partial charge is 0.358 e. The maximum absolute atomic E-state index is 12.7. The lowest BCUT2D eigenvalue weighted by Crippen LogP contribution is -2.51. The molecule has 2 aromatic rings. The Morgan fingerprint density at radius 3 is 2.72 bits per heavy atom. The predicted molar refractivity (Wildman–Crippen MR) is 134 cm³/mol. The highest BCUT2D eigenvalue weighted by atomic mass is 16.6. The van der Waals surface area contributed by atoms with Crippen molar-refractivity contribution in [2.75, 3.05) is 0 Å². The predicted octanol–water partition coefficient (Wildman–Crippen LogP) is 4.79. The Kier molecular flexibility index (Phi) is 5.35. The first-order valence-corrected chi connectivity index (χ1v) is 13.0. The third-order valence-corrected chi connectivity index (χ3v) is 9.86. The molecule has 1 amide bonds. The monoisotopic (exact) mass is 488 g/mol. The van der Waals surface area contributed by atoms with Crippen LogP contribution >= 0.6 is 0 Å². The lowest BCUT2D eigenvalue weighted by molar-refractivity contribution is -0.389. The number of allylic oxidation sites excluding steroid dienone is 3. The van der Waals surface area contributed by atoms with Crippen LogP contribution in [-0.4, -0.2) is 36.6 Å². The molecule has 2 saturated carbocycles. The highest BCUT2D eigenvalue weighted by molar-refractivity contribution is 5.93. The fourth-order valence-corrected chi connectivity index (χ4v) is 7.96. The van der Waals surface area contributed by atoms with Crippen LogP contribution in [0.2, 0.25) is 0 Å². The standard InChI is InChI=1S/C27H32N6O3/c1-26-10-7-19(31-25(34)17-9-12-29-30-14-17)13-18(26)3-4-20-21-5-6-23(27(21,2)11-8-22(20)26)32-15-24(28-16-32)33(35)36/h3,6,9,12,14-16,19-22H,4-5,7-8,10-11,13H2,1-2H3,(H,31,34)/t19-,20?,21?,22?,26-,27-/m0/s1. The number of nitrogens with zero attached hydrogens (tertiary/aromatic N) is 5. The van der Waals surface area contributed by atoms with Crippen molar-refractivity contribution >= 4 is 17.4 Å². The van der Waals surface area contributed by atoms with Crippen LogP contribution in [0.4, 0.5) is 5.82 Å². The van der Waals surface area contributed by atoms with E-state index in [1.165, 1.54) is 17.5 Å². The Hall–Kier alpha value is -3.36. The summed E-state index contributed by atoms with van der Waals surface area (Å²) in [6, 6.07) is 1.84. The Balaban J connectivity index is 1.19. The van der Waals surface area contributed by atoms with Gasteiger partial charge in [-0.1, -0.05) is 31.6 Å². The van der Waals surface area contributed by atoms with Crippen molar-refractivity contribution in [3.8, 4) is 0 Å². The SMILES string of the molecule is C[C@]12CC[C@H](NC(=O)c3ccnnc3)CC1=CCC1C2CC[C@]2(C)C(n3cnc([N+](=O)[O-])c3)=CCC12. The molecule has 2 heterocycles. The maximum Gasteiger partial charge on any atom is 0.381 e. The van der Waals surface area contributed by atoms with Crippen LogP contribution in [0, 0.1) is 38.7 Å². The van der Waals surface area contributed by atoms with Gasteiger partial charge in [0, 0.05) is 17.2 Å². The van der Waals surface area contributed by atoms with E-state index < -0.39 is 4.92 Å². The molecule has 2 aromatic heterocycles. The van der Waals surface area contributed by atoms with Crippen LogP contribution in [-0.2, 0) is 0 Å². The van der Waals surface area contributed by atoms with Gasteiger partial charge in [0.2, 0.25) is 6.33 Å². The summed E-state index contributed by atoms with van der Waals surface area (Å²) < 4.78 is 1.89. The van der Waals surface area contributed by atoms with Crippen LogP contribution in [0.25, 0.3) is 5.70 Å². The fraction of sp³-hybridized carbons (Fsp3) is 0.556. The fourth-order valence-electron chi connectivity index (χ4n) is 7.96. The number of imidazole rings is 1. The average Bonchev–Trinajstić information content (AvgIpc) is 3.49. The van der Waals surface area contributed by atoms with E-state index >= 15 is 0 Å². The number of nitrogens with one attached hydrogen (secondary N) is 1. The molecule has 0 aliphatic heterocycles. The summed E-state index contributed by atoms with van der Waals surface area (Å²) in [7, 11) is 0. The van der Waals surface area contributed by atoms with E-state index in [2.05, 4.69) is 46.5 Å². The zero-order valence-electron chi connectivity index (χ0n) is 20.8. The van der Waals surface area contributed by atoms with Crippen LogP contribution in [0.15, 0.2) is 48.7 Å². The van der Waals surface area contributed by atoms with Gasteiger partial charge in [-0.25, -0.2) is 0 Å². The van der Waals surface area contributed by atoms with Gasteiger partial charge in [0.05, 0.1) is 18.0 Å². The lowest BCUT2D eigenvalue weighted by atomic mass is 9.47. The number of nitro groups is 1. The highest BCUT2D eigenvalue weighted by Gasteiger charge is 2.57. The van der Waals surface area contributed by atoms with Gasteiger partial charge in [-0.2, -0.15) is 10.2 Å². The summed E-state index contributed by atoms with van der Waals surface area (Å²) >= 11 is 0. The molecule has 4 aliphatic carbocycles. The van der Waals surface area contributed by atoms with Gasteiger partial charge in [-0.05, 0) is 84.1 Å². The first-order chi connectivity index (χ1) is 17.3. The second-order valence-electron chi connectivity index (χ2n) is 11.5. The number of aromatic nitrogens is 4. The highest BCUT2D eigenvalue weighted by Crippen LogP contribution is 2.65. The van der Waals surface area contributed by atoms with Crippen LogP contribution in [0.1, 0.15) is 69.2 Å². The number of carbonyl (C=O) groups excluding carboxylic acids is 1. The molecule has 3 unspecified atom stereocenters. The Morgan fingerprint density at radius 2 is 1.97 bits per heavy atom. The van der Waals surface area contributed by atoms with E-state index in [0.717, 1.165) is 44.9 Å². The quantitative estimate of drug-likeness (QED) is 0.376. The number of hydrogen-bond donors (Lipinski definition) is 1. The van der Waals surface area contributed by atoms with Gasteiger partial charge in [0.25, 0.3) is 5.91 Å². The molecule has 1 N–H and O–H groups in total. The minimum absolute atomic E-state index is 0.00118. The molecule has 0 aromatic carbocycles. The van der Waals surface area contributed by atoms with Crippen molar-refractivity contribution in [2.24, 2.45) is 28.6 Å². The summed E-state index contributed by atoms with van der Waals surface area (Å²) in [4.78, 5) is 27.4. The third kappa shape index (κ3) is 3.50. The Morgan fingerprint density at radius 1 is 1.14 bits per heavy atom. The van der Waals surface area contributed by atoms with Gasteiger partial charge < -0.3 is 15.4 Å². The lowest BCUT2D eigenvalue weighted by Gasteiger charge is -2.57. The number of fused-ring (bicyclic) bond motifs is 5. The second-order valence-corrected chi connectivity index (χ2v) is 11.5. The molecular weight excluding hydrogens is 456 g/mol. The van der Waals surface area contributed by atoms with Crippen molar-refractivity contribution in [3.63, 3.8) is 0 Å². The van der Waals surface area contributed by atoms with Crippen LogP contribution < -0.4 is 5.32 Å². The normalized spacial score (nSPS) is 35.1. The summed E-state index contributed by atoms with van der Waals surface area (Å²) in [5.74, 6) is 1.57. The number of rotatable bonds is 4. The van der Waals surface area contributed by atoms with E-state index in [1.54, 1.807) is 24.8 Å². The van der Waals surface area contributed by atoms with E-state index in [-0.39, 0.29) is 28.6 Å². The molecule has 6 atom stereocenters. The maximum atomic E-state index is 12.7. The van der Waals surface area contributed by atoms with E-state index in [0.29, 0.717) is 23.3 Å². The van der Waals surface area contributed by atoms with Gasteiger partial charge in [0.1, 0.15) is 6.20 Å². The summed E-state index contributed by atoms with van der Waals surface area (Å²) in [6.07, 6.45) is 18.3. The number of hydrogen-bond acceptors (Lipinski definition) is 6. The molecule has 188 valence electrons. The number of amides is 1. The Bertz CT molecular complexity index is 1270. The average molecular weight is 489 g/mol. The van der Waals surface area contributed by atoms with Crippen LogP contribution in [0.5, 0.6) is 0 Å². The Labute approximate surface area is 210 Å². The molecular formula is C27H32N6O3. The van der Waals surface area contributed by atoms with Crippen molar-refractivity contribution < 1.29 is 9.72 Å². The molecule has 9 heteroatoms. The molecule has 36 heavy (non-hydrogen) atoms. The van der Waals surface area contributed by atoms with E-state index in [9.17, 15) is 14.9 Å². The largest absolute Gasteiger partial charge is 0.381 e. The van der Waals surface area contributed by atoms with Crippen LogP contribution in [0.3, 0.4) is 0 Å². The van der Waals surface area contributed by atoms with Crippen molar-refractivity contribution in [3.05, 3.63) is 64.4 Å². The van der Waals surface area contributed by atoms with Gasteiger partial charge in [-0.3, -0.25) is 9.36 Å². The second kappa shape index (κ2) is 8.35. The van der Waals surface area contributed by atoms with Crippen molar-refractivity contribution in [1.29, 1.82) is 0 Å². The molecule has 0 saturated heterocycles. The van der Waals surface area contributed by atoms with E-state index in [1.807, 2.05) is 4.57 Å². The van der Waals surface area contributed by atoms with Gasteiger partial charge in [0.15, 0.2) is 0 Å².